The first-order valence-electron chi connectivity index (χ1n) is 7.70. The largest absolute Gasteiger partial charge is 0.467 e. The molecule has 2 rings (SSSR count). The Balaban J connectivity index is 2.76. The third-order valence-corrected chi connectivity index (χ3v) is 4.82. The Kier molecular flexibility index (Phi) is 4.82. The van der Waals surface area contributed by atoms with Crippen LogP contribution in [0.1, 0.15) is 20.8 Å². The number of fused-ring (bicyclic) bond motifs is 1. The van der Waals surface area contributed by atoms with Gasteiger partial charge in [0.05, 0.1) is 20.3 Å². The molecule has 2 heterocycles. The van der Waals surface area contributed by atoms with Crippen LogP contribution in [0.5, 0.6) is 0 Å². The average molecular weight is 381 g/mol. The van der Waals surface area contributed by atoms with Gasteiger partial charge in [0.1, 0.15) is 5.92 Å². The average Bonchev–Trinajstić information content (AvgIpc) is 3.00. The molecule has 8 nitrogen and oxygen atoms in total. The highest BCUT2D eigenvalue weighted by molar-refractivity contribution is 6.08. The first kappa shape index (κ1) is 20.1. The van der Waals surface area contributed by atoms with E-state index in [9.17, 15) is 32.3 Å². The molecule has 11 heteroatoms. The van der Waals surface area contributed by atoms with Crippen LogP contribution in [0.25, 0.3) is 0 Å². The van der Waals surface area contributed by atoms with Gasteiger partial charge in [-0.25, -0.2) is 4.79 Å². The Labute approximate surface area is 146 Å². The van der Waals surface area contributed by atoms with Crippen LogP contribution in [0.2, 0.25) is 0 Å². The van der Waals surface area contributed by atoms with Gasteiger partial charge in [-0.1, -0.05) is 0 Å². The second-order valence-electron chi connectivity index (χ2n) is 6.17. The highest BCUT2D eigenvalue weighted by atomic mass is 19.4. The number of Topliss-reactive ketones (excluding diaryl/α,β-unsaturated/α-hetero) is 1. The van der Waals surface area contributed by atoms with Crippen molar-refractivity contribution < 1.29 is 46.6 Å². The molecule has 0 spiro atoms. The molecule has 2 aliphatic rings. The van der Waals surface area contributed by atoms with E-state index in [4.69, 9.17) is 4.74 Å². The minimum Gasteiger partial charge on any atom is -0.467 e. The van der Waals surface area contributed by atoms with Crippen LogP contribution in [0.3, 0.4) is 0 Å². The normalized spacial score (nSPS) is 33.8. The highest BCUT2D eigenvalue weighted by Gasteiger charge is 2.80. The summed E-state index contributed by atoms with van der Waals surface area (Å²) in [6, 6.07) is 0. The van der Waals surface area contributed by atoms with Crippen LogP contribution < -0.4 is 0 Å². The molecule has 0 saturated carbocycles. The van der Waals surface area contributed by atoms with Gasteiger partial charge in [-0.05, 0) is 20.8 Å². The van der Waals surface area contributed by atoms with Crippen LogP contribution in [0.15, 0.2) is 0 Å². The molecule has 26 heavy (non-hydrogen) atoms. The number of hydrogen-bond donors (Lipinski definition) is 0. The van der Waals surface area contributed by atoms with Crippen molar-refractivity contribution in [2.75, 3.05) is 20.3 Å². The number of hydrogen-bond acceptors (Lipinski definition) is 7. The summed E-state index contributed by atoms with van der Waals surface area (Å²) in [6.07, 6.45) is -5.15. The molecule has 0 aromatic rings. The Morgan fingerprint density at radius 3 is 2.35 bits per heavy atom. The fourth-order valence-corrected chi connectivity index (χ4v) is 3.60. The third-order valence-electron chi connectivity index (χ3n) is 4.82. The van der Waals surface area contributed by atoms with E-state index in [1.165, 1.54) is 6.92 Å². The van der Waals surface area contributed by atoms with Gasteiger partial charge in [0, 0.05) is 0 Å². The van der Waals surface area contributed by atoms with E-state index >= 15 is 0 Å². The van der Waals surface area contributed by atoms with Crippen molar-refractivity contribution in [2.45, 2.75) is 38.2 Å². The lowest BCUT2D eigenvalue weighted by Gasteiger charge is -2.37. The SMILES string of the molecule is CCOC(=O)[C@H]1C(=O)N2[C@](C)(C(C)=O)OC[C@]2(C(=O)OC)[C@@H]1C(F)(F)F. The number of methoxy groups -OCH3 is 1. The molecule has 4 atom stereocenters. The zero-order valence-electron chi connectivity index (χ0n) is 14.5. The monoisotopic (exact) mass is 381 g/mol. The van der Waals surface area contributed by atoms with Crippen LogP contribution >= 0.6 is 0 Å². The van der Waals surface area contributed by atoms with Crippen LogP contribution in [0, 0.1) is 11.8 Å². The number of alkyl halides is 3. The zero-order chi connectivity index (χ0) is 20.1. The summed E-state index contributed by atoms with van der Waals surface area (Å²) >= 11 is 0. The predicted molar refractivity (Wildman–Crippen MR) is 76.3 cm³/mol. The molecule has 0 N–H and O–H groups in total. The first-order valence-corrected chi connectivity index (χ1v) is 7.70. The molecule has 2 fully saturated rings. The van der Waals surface area contributed by atoms with Gasteiger partial charge in [0.15, 0.2) is 17.2 Å². The van der Waals surface area contributed by atoms with Gasteiger partial charge in [-0.3, -0.25) is 19.3 Å². The van der Waals surface area contributed by atoms with Crippen molar-refractivity contribution in [3.05, 3.63) is 0 Å². The van der Waals surface area contributed by atoms with Gasteiger partial charge in [0.2, 0.25) is 11.6 Å². The number of halogens is 3. The van der Waals surface area contributed by atoms with E-state index in [1.807, 2.05) is 0 Å². The Morgan fingerprint density at radius 1 is 1.35 bits per heavy atom. The molecule has 1 amide bonds. The summed E-state index contributed by atoms with van der Waals surface area (Å²) in [4.78, 5) is 49.7. The topological polar surface area (TPSA) is 99.2 Å². The van der Waals surface area contributed by atoms with E-state index in [0.29, 0.717) is 4.90 Å². The lowest BCUT2D eigenvalue weighted by Crippen LogP contribution is -2.62. The number of carbonyl (C=O) groups excluding carboxylic acids is 4. The second kappa shape index (κ2) is 6.22. The van der Waals surface area contributed by atoms with Crippen LogP contribution in [-0.2, 0) is 33.4 Å². The fourth-order valence-electron chi connectivity index (χ4n) is 3.60. The van der Waals surface area contributed by atoms with Crippen LogP contribution in [-0.4, -0.2) is 66.3 Å². The molecular weight excluding hydrogens is 363 g/mol. The third kappa shape index (κ3) is 2.48. The number of rotatable bonds is 4. The predicted octanol–water partition coefficient (Wildman–Crippen LogP) is 0.434. The summed E-state index contributed by atoms with van der Waals surface area (Å²) in [7, 11) is 0.842. The van der Waals surface area contributed by atoms with E-state index in [1.54, 1.807) is 0 Å². The molecule has 0 aromatic heterocycles. The van der Waals surface area contributed by atoms with E-state index in [2.05, 4.69) is 9.47 Å². The molecule has 2 saturated heterocycles. The lowest BCUT2D eigenvalue weighted by atomic mass is 9.79. The number of nitrogens with zero attached hydrogens (tertiary/aromatic N) is 1. The second-order valence-corrected chi connectivity index (χ2v) is 6.17. The fraction of sp³-hybridized carbons (Fsp3) is 0.733. The summed E-state index contributed by atoms with van der Waals surface area (Å²) < 4.78 is 55.9. The minimum atomic E-state index is -5.15. The van der Waals surface area contributed by atoms with Gasteiger partial charge in [-0.2, -0.15) is 13.2 Å². The summed E-state index contributed by atoms with van der Waals surface area (Å²) in [5.41, 5.74) is -4.84. The first-order chi connectivity index (χ1) is 11.9. The Morgan fingerprint density at radius 2 is 1.92 bits per heavy atom. The maximum Gasteiger partial charge on any atom is 0.396 e. The summed E-state index contributed by atoms with van der Waals surface area (Å²) in [5.74, 6) is -10.1. The number of ether oxygens (including phenoxy) is 3. The number of amides is 1. The molecule has 0 aliphatic carbocycles. The summed E-state index contributed by atoms with van der Waals surface area (Å²) in [5, 5.41) is 0. The number of carbonyl (C=O) groups is 4. The van der Waals surface area contributed by atoms with Gasteiger partial charge in [0.25, 0.3) is 0 Å². The summed E-state index contributed by atoms with van der Waals surface area (Å²) in [6.45, 7) is 2.22. The van der Waals surface area contributed by atoms with Crippen molar-refractivity contribution in [3.63, 3.8) is 0 Å². The van der Waals surface area contributed by atoms with Crippen molar-refractivity contribution in [1.29, 1.82) is 0 Å². The van der Waals surface area contributed by atoms with Crippen molar-refractivity contribution in [3.8, 4) is 0 Å². The maximum atomic E-state index is 13.9. The molecule has 0 bridgehead atoms. The van der Waals surface area contributed by atoms with Crippen molar-refractivity contribution >= 4 is 23.6 Å². The highest BCUT2D eigenvalue weighted by Crippen LogP contribution is 2.55. The molecule has 2 aliphatic heterocycles. The van der Waals surface area contributed by atoms with E-state index in [-0.39, 0.29) is 6.61 Å². The molecule has 0 unspecified atom stereocenters. The van der Waals surface area contributed by atoms with Gasteiger partial charge < -0.3 is 14.2 Å². The lowest BCUT2D eigenvalue weighted by molar-refractivity contribution is -0.214. The Hall–Kier alpha value is -2.17. The standard InChI is InChI=1S/C15H18F3NO7/c1-5-25-11(22)8-9(15(16,17)18)14(12(23)24-4)6-26-13(3,7(2)20)19(14)10(8)21/h8-9H,5-6H2,1-4H3/t8-,9-,13+,14-/m1/s1. The quantitative estimate of drug-likeness (QED) is 0.514. The minimum absolute atomic E-state index is 0.265. The Bertz CT molecular complexity index is 664. The molecular formula is C15H18F3NO7. The number of ketones is 1. The zero-order valence-corrected chi connectivity index (χ0v) is 14.5. The van der Waals surface area contributed by atoms with Gasteiger partial charge >= 0.3 is 18.1 Å². The van der Waals surface area contributed by atoms with Crippen LogP contribution in [0.4, 0.5) is 13.2 Å². The van der Waals surface area contributed by atoms with Crippen molar-refractivity contribution in [1.82, 2.24) is 4.90 Å². The molecule has 146 valence electrons. The maximum absolute atomic E-state index is 13.9. The van der Waals surface area contributed by atoms with E-state index in [0.717, 1.165) is 21.0 Å². The van der Waals surface area contributed by atoms with E-state index < -0.39 is 59.5 Å². The van der Waals surface area contributed by atoms with Crippen molar-refractivity contribution in [2.24, 2.45) is 11.8 Å². The molecule has 0 radical (unpaired) electrons. The molecule has 0 aromatic carbocycles. The number of esters is 2. The van der Waals surface area contributed by atoms with Gasteiger partial charge in [-0.15, -0.1) is 0 Å². The smallest absolute Gasteiger partial charge is 0.396 e.